The molecule has 0 bridgehead atoms. The van der Waals surface area contributed by atoms with E-state index in [9.17, 15) is 15.0 Å². The van der Waals surface area contributed by atoms with E-state index in [1.54, 1.807) is 12.1 Å². The lowest BCUT2D eigenvalue weighted by Gasteiger charge is -2.31. The molecule has 0 radical (unpaired) electrons. The van der Waals surface area contributed by atoms with Gasteiger partial charge in [0.1, 0.15) is 12.2 Å². The molecule has 1 aliphatic heterocycles. The number of nitrogens with one attached hydrogen (secondary N) is 1. The van der Waals surface area contributed by atoms with Gasteiger partial charge in [0, 0.05) is 19.6 Å². The zero-order valence-electron chi connectivity index (χ0n) is 14.4. The summed E-state index contributed by atoms with van der Waals surface area (Å²) in [4.78, 5) is 16.0. The highest BCUT2D eigenvalue weighted by Gasteiger charge is 2.45. The van der Waals surface area contributed by atoms with Crippen molar-refractivity contribution in [1.29, 1.82) is 0 Å². The van der Waals surface area contributed by atoms with E-state index in [0.29, 0.717) is 0 Å². The highest BCUT2D eigenvalue weighted by atomic mass is 16.5. The molecule has 1 amide bonds. The molecule has 1 aromatic heterocycles. The molecule has 2 rings (SSSR count). The fraction of sp³-hybridized carbons (Fsp3) is 0.688. The molecule has 4 atom stereocenters. The van der Waals surface area contributed by atoms with E-state index >= 15 is 0 Å². The molecule has 0 aromatic carbocycles. The van der Waals surface area contributed by atoms with Crippen molar-refractivity contribution in [3.8, 4) is 0 Å². The maximum Gasteiger partial charge on any atom is 0.287 e. The van der Waals surface area contributed by atoms with Crippen molar-refractivity contribution < 1.29 is 24.2 Å². The molecule has 1 saturated heterocycles. The third-order valence-electron chi connectivity index (χ3n) is 4.26. The summed E-state index contributed by atoms with van der Waals surface area (Å²) in [6.07, 6.45) is -0.442. The van der Waals surface area contributed by atoms with E-state index in [1.807, 2.05) is 26.0 Å². The van der Waals surface area contributed by atoms with Crippen LogP contribution >= 0.6 is 0 Å². The number of nitrogens with zero attached hydrogens (tertiary/aromatic N) is 2. The molecule has 8 nitrogen and oxygen atoms in total. The predicted molar refractivity (Wildman–Crippen MR) is 87.8 cm³/mol. The van der Waals surface area contributed by atoms with Crippen LogP contribution in [-0.2, 0) is 4.74 Å². The molecule has 1 aromatic rings. The first-order valence-corrected chi connectivity index (χ1v) is 8.05. The van der Waals surface area contributed by atoms with Gasteiger partial charge in [0.2, 0.25) is 0 Å². The van der Waals surface area contributed by atoms with Gasteiger partial charge in [0.25, 0.3) is 5.91 Å². The molecule has 24 heavy (non-hydrogen) atoms. The van der Waals surface area contributed by atoms with Crippen LogP contribution in [0.3, 0.4) is 0 Å². The van der Waals surface area contributed by atoms with Crippen LogP contribution in [0.25, 0.3) is 0 Å². The summed E-state index contributed by atoms with van der Waals surface area (Å²) in [5.74, 6) is -0.106. The molecular weight excluding hydrogens is 314 g/mol. The van der Waals surface area contributed by atoms with E-state index in [0.717, 1.165) is 13.1 Å². The summed E-state index contributed by atoms with van der Waals surface area (Å²) in [5.41, 5.74) is 0. The fourth-order valence-corrected chi connectivity index (χ4v) is 2.88. The van der Waals surface area contributed by atoms with Crippen molar-refractivity contribution in [1.82, 2.24) is 15.1 Å². The Kier molecular flexibility index (Phi) is 6.76. The van der Waals surface area contributed by atoms with Gasteiger partial charge in [-0.3, -0.25) is 9.69 Å². The number of amides is 1. The molecule has 8 heteroatoms. The lowest BCUT2D eigenvalue weighted by Crippen LogP contribution is -2.51. The number of ether oxygens (including phenoxy) is 1. The number of rotatable bonds is 8. The van der Waals surface area contributed by atoms with Crippen LogP contribution in [0, 0.1) is 0 Å². The summed E-state index contributed by atoms with van der Waals surface area (Å²) in [7, 11) is 5.86. The number of aliphatic hydroxyl groups excluding tert-OH is 2. The molecule has 4 unspecified atom stereocenters. The lowest BCUT2D eigenvalue weighted by molar-refractivity contribution is -0.0209. The van der Waals surface area contributed by atoms with Crippen LogP contribution in [-0.4, -0.2) is 97.7 Å². The number of aliphatic hydroxyl groups is 2. The first-order valence-electron chi connectivity index (χ1n) is 8.05. The van der Waals surface area contributed by atoms with Gasteiger partial charge in [-0.05, 0) is 33.3 Å². The molecule has 3 N–H and O–H groups in total. The van der Waals surface area contributed by atoms with E-state index in [4.69, 9.17) is 9.15 Å². The standard InChI is InChI=1S/C16H27N3O5/c1-18(2)6-7-19(3)14-12(24-13(10-20)15(14)21)9-17-16(22)11-5-4-8-23-11/h4-5,8,12-15,20-21H,6-7,9-10H2,1-3H3,(H,17,22). The normalized spacial score (nSPS) is 27.1. The van der Waals surface area contributed by atoms with Crippen molar-refractivity contribution in [3.63, 3.8) is 0 Å². The number of hydrogen-bond acceptors (Lipinski definition) is 7. The Morgan fingerprint density at radius 3 is 2.62 bits per heavy atom. The summed E-state index contributed by atoms with van der Waals surface area (Å²) < 4.78 is 10.8. The van der Waals surface area contributed by atoms with E-state index in [-0.39, 0.29) is 30.9 Å². The highest BCUT2D eigenvalue weighted by molar-refractivity contribution is 5.91. The zero-order chi connectivity index (χ0) is 17.7. The Morgan fingerprint density at radius 2 is 2.04 bits per heavy atom. The number of hydrogen-bond donors (Lipinski definition) is 3. The van der Waals surface area contributed by atoms with Crippen LogP contribution in [0.15, 0.2) is 22.8 Å². The third-order valence-corrected chi connectivity index (χ3v) is 4.26. The molecule has 136 valence electrons. The van der Waals surface area contributed by atoms with Crippen molar-refractivity contribution in [3.05, 3.63) is 24.2 Å². The topological polar surface area (TPSA) is 98.4 Å². The van der Waals surface area contributed by atoms with Crippen molar-refractivity contribution in [2.24, 2.45) is 0 Å². The van der Waals surface area contributed by atoms with E-state index in [2.05, 4.69) is 10.2 Å². The van der Waals surface area contributed by atoms with Gasteiger partial charge in [0.15, 0.2) is 5.76 Å². The average molecular weight is 341 g/mol. The van der Waals surface area contributed by atoms with Crippen LogP contribution < -0.4 is 5.32 Å². The van der Waals surface area contributed by atoms with E-state index in [1.165, 1.54) is 6.26 Å². The van der Waals surface area contributed by atoms with Gasteiger partial charge < -0.3 is 29.6 Å². The van der Waals surface area contributed by atoms with Crippen LogP contribution in [0.1, 0.15) is 10.6 Å². The second kappa shape index (κ2) is 8.59. The summed E-state index contributed by atoms with van der Waals surface area (Å²) >= 11 is 0. The predicted octanol–water partition coefficient (Wildman–Crippen LogP) is -1.01. The Morgan fingerprint density at radius 1 is 1.29 bits per heavy atom. The summed E-state index contributed by atoms with van der Waals surface area (Å²) in [6, 6.07) is 2.92. The zero-order valence-corrected chi connectivity index (χ0v) is 14.4. The molecule has 2 heterocycles. The smallest absolute Gasteiger partial charge is 0.287 e. The SMILES string of the molecule is CN(C)CCN(C)C1C(CNC(=O)c2ccco2)OC(CO)C1O. The highest BCUT2D eigenvalue weighted by Crippen LogP contribution is 2.24. The average Bonchev–Trinajstić information content (AvgIpc) is 3.18. The first-order chi connectivity index (χ1) is 11.4. The van der Waals surface area contributed by atoms with Crippen molar-refractivity contribution in [2.75, 3.05) is 47.4 Å². The largest absolute Gasteiger partial charge is 0.459 e. The molecule has 1 aliphatic rings. The molecule has 0 saturated carbocycles. The second-order valence-corrected chi connectivity index (χ2v) is 6.35. The lowest BCUT2D eigenvalue weighted by atomic mass is 10.0. The molecule has 1 fully saturated rings. The quantitative estimate of drug-likeness (QED) is 0.557. The van der Waals surface area contributed by atoms with Gasteiger partial charge in [-0.25, -0.2) is 0 Å². The Labute approximate surface area is 142 Å². The van der Waals surface area contributed by atoms with Gasteiger partial charge in [-0.15, -0.1) is 0 Å². The number of carbonyl (C=O) groups excluding carboxylic acids is 1. The minimum absolute atomic E-state index is 0.226. The maximum atomic E-state index is 12.0. The molecule has 0 spiro atoms. The maximum absolute atomic E-state index is 12.0. The van der Waals surface area contributed by atoms with Crippen molar-refractivity contribution >= 4 is 5.91 Å². The van der Waals surface area contributed by atoms with Crippen LogP contribution in [0.4, 0.5) is 0 Å². The van der Waals surface area contributed by atoms with Crippen molar-refractivity contribution in [2.45, 2.75) is 24.4 Å². The number of carbonyl (C=O) groups is 1. The second-order valence-electron chi connectivity index (χ2n) is 6.35. The van der Waals surface area contributed by atoms with Gasteiger partial charge in [-0.1, -0.05) is 0 Å². The minimum Gasteiger partial charge on any atom is -0.459 e. The summed E-state index contributed by atoms with van der Waals surface area (Å²) in [6.45, 7) is 1.53. The van der Waals surface area contributed by atoms with Crippen LogP contribution in [0.2, 0.25) is 0 Å². The first kappa shape index (κ1) is 18.9. The van der Waals surface area contributed by atoms with Gasteiger partial charge >= 0.3 is 0 Å². The minimum atomic E-state index is -0.812. The number of furan rings is 1. The third kappa shape index (κ3) is 4.55. The Hall–Kier alpha value is -1.45. The molecular formula is C16H27N3O5. The van der Waals surface area contributed by atoms with Gasteiger partial charge in [0.05, 0.1) is 25.0 Å². The fourth-order valence-electron chi connectivity index (χ4n) is 2.88. The van der Waals surface area contributed by atoms with Gasteiger partial charge in [-0.2, -0.15) is 0 Å². The number of likely N-dealkylation sites (N-methyl/N-ethyl adjacent to an activating group) is 2. The monoisotopic (exact) mass is 341 g/mol. The summed E-state index contributed by atoms with van der Waals surface area (Å²) in [5, 5.41) is 22.6. The molecule has 0 aliphatic carbocycles. The van der Waals surface area contributed by atoms with Crippen LogP contribution in [0.5, 0.6) is 0 Å². The van der Waals surface area contributed by atoms with E-state index < -0.39 is 18.3 Å². The Bertz CT molecular complexity index is 508. The Balaban J connectivity index is 1.97.